The van der Waals surface area contributed by atoms with Crippen LogP contribution in [-0.4, -0.2) is 25.5 Å². The van der Waals surface area contributed by atoms with E-state index in [1.807, 2.05) is 43.3 Å². The van der Waals surface area contributed by atoms with Gasteiger partial charge in [-0.15, -0.1) is 0 Å². The molecule has 2 aromatic rings. The lowest BCUT2D eigenvalue weighted by molar-refractivity contribution is 0.0344. The smallest absolute Gasteiger partial charge is 0.245 e. The van der Waals surface area contributed by atoms with Gasteiger partial charge >= 0.3 is 0 Å². The van der Waals surface area contributed by atoms with Crippen molar-refractivity contribution < 1.29 is 13.2 Å². The normalized spacial score (nSPS) is 22.8. The number of sulfonamides is 1. The first-order chi connectivity index (χ1) is 10.5. The highest BCUT2D eigenvalue weighted by molar-refractivity contribution is 7.89. The number of benzene rings is 2. The van der Waals surface area contributed by atoms with Crippen molar-refractivity contribution in [2.24, 2.45) is 0 Å². The molecular formula is C17H19NO3S. The fourth-order valence-corrected chi connectivity index (χ4v) is 4.35. The van der Waals surface area contributed by atoms with E-state index in [9.17, 15) is 8.42 Å². The lowest BCUT2D eigenvalue weighted by atomic mass is 10.1. The average molecular weight is 317 g/mol. The third-order valence-electron chi connectivity index (χ3n) is 3.88. The molecule has 0 aliphatic carbocycles. The first-order valence-corrected chi connectivity index (χ1v) is 8.71. The number of aryl methyl sites for hydroxylation is 1. The van der Waals surface area contributed by atoms with Gasteiger partial charge in [0.25, 0.3) is 0 Å². The molecule has 0 saturated carbocycles. The summed E-state index contributed by atoms with van der Waals surface area (Å²) < 4.78 is 32.9. The van der Waals surface area contributed by atoms with Crippen LogP contribution in [0, 0.1) is 6.92 Å². The minimum absolute atomic E-state index is 0.226. The molecule has 2 aromatic carbocycles. The van der Waals surface area contributed by atoms with E-state index in [1.54, 1.807) is 25.1 Å². The highest BCUT2D eigenvalue weighted by Gasteiger charge is 2.39. The van der Waals surface area contributed by atoms with Gasteiger partial charge in [-0.3, -0.25) is 0 Å². The first kappa shape index (κ1) is 15.2. The summed E-state index contributed by atoms with van der Waals surface area (Å²) in [6.07, 6.45) is -0.702. The van der Waals surface area contributed by atoms with E-state index in [2.05, 4.69) is 0 Å². The van der Waals surface area contributed by atoms with Crippen LogP contribution in [0.4, 0.5) is 0 Å². The maximum absolute atomic E-state index is 12.8. The second kappa shape index (κ2) is 5.83. The standard InChI is InChI=1S/C17H19NO3S/c1-13-7-6-10-16(11-13)22(19,20)18-12-17(21-14(18)2)15-8-4-3-5-9-15/h3-11,14,17H,12H2,1-2H3. The Labute approximate surface area is 131 Å². The van der Waals surface area contributed by atoms with Gasteiger partial charge in [0.05, 0.1) is 11.0 Å². The number of nitrogens with zero attached hydrogens (tertiary/aromatic N) is 1. The second-order valence-electron chi connectivity index (χ2n) is 5.53. The fourth-order valence-electron chi connectivity index (χ4n) is 2.72. The lowest BCUT2D eigenvalue weighted by Gasteiger charge is -2.19. The van der Waals surface area contributed by atoms with Gasteiger partial charge in [-0.05, 0) is 37.1 Å². The maximum Gasteiger partial charge on any atom is 0.245 e. The van der Waals surface area contributed by atoms with Gasteiger partial charge in [0.15, 0.2) is 0 Å². The molecule has 3 rings (SSSR count). The molecule has 0 radical (unpaired) electrons. The third kappa shape index (κ3) is 2.79. The van der Waals surface area contributed by atoms with E-state index in [-0.39, 0.29) is 6.10 Å². The Hall–Kier alpha value is -1.69. The van der Waals surface area contributed by atoms with Gasteiger partial charge in [-0.1, -0.05) is 42.5 Å². The average Bonchev–Trinajstić information content (AvgIpc) is 2.91. The molecule has 1 heterocycles. The molecule has 0 bridgehead atoms. The summed E-state index contributed by atoms with van der Waals surface area (Å²) in [7, 11) is -3.54. The highest BCUT2D eigenvalue weighted by atomic mass is 32.2. The van der Waals surface area contributed by atoms with Crippen molar-refractivity contribution in [1.29, 1.82) is 0 Å². The van der Waals surface area contributed by atoms with Gasteiger partial charge < -0.3 is 4.74 Å². The molecular weight excluding hydrogens is 298 g/mol. The van der Waals surface area contributed by atoms with Gasteiger partial charge in [0.2, 0.25) is 10.0 Å². The Bertz CT molecular complexity index is 758. The summed E-state index contributed by atoms with van der Waals surface area (Å²) in [5, 5.41) is 0. The van der Waals surface area contributed by atoms with E-state index >= 15 is 0 Å². The molecule has 1 saturated heterocycles. The van der Waals surface area contributed by atoms with E-state index in [0.29, 0.717) is 11.4 Å². The molecule has 0 N–H and O–H groups in total. The van der Waals surface area contributed by atoms with Crippen molar-refractivity contribution >= 4 is 10.0 Å². The number of hydrogen-bond donors (Lipinski definition) is 0. The van der Waals surface area contributed by atoms with Gasteiger partial charge in [0.1, 0.15) is 6.23 Å². The third-order valence-corrected chi connectivity index (χ3v) is 5.79. The van der Waals surface area contributed by atoms with Crippen molar-refractivity contribution in [3.63, 3.8) is 0 Å². The molecule has 1 aliphatic heterocycles. The molecule has 4 nitrogen and oxygen atoms in total. The van der Waals surface area contributed by atoms with Gasteiger partial charge in [-0.25, -0.2) is 8.42 Å². The zero-order chi connectivity index (χ0) is 15.7. The predicted octanol–water partition coefficient (Wildman–Crippen LogP) is 3.10. The summed E-state index contributed by atoms with van der Waals surface area (Å²) in [6.45, 7) is 3.99. The zero-order valence-electron chi connectivity index (χ0n) is 12.6. The van der Waals surface area contributed by atoms with Crippen LogP contribution in [-0.2, 0) is 14.8 Å². The monoisotopic (exact) mass is 317 g/mol. The molecule has 2 unspecified atom stereocenters. The Balaban J connectivity index is 1.89. The van der Waals surface area contributed by atoms with Crippen LogP contribution in [0.2, 0.25) is 0 Å². The lowest BCUT2D eigenvalue weighted by Crippen LogP contribution is -2.34. The second-order valence-corrected chi connectivity index (χ2v) is 7.42. The first-order valence-electron chi connectivity index (χ1n) is 7.27. The minimum Gasteiger partial charge on any atom is -0.353 e. The molecule has 0 spiro atoms. The molecule has 1 fully saturated rings. The summed E-state index contributed by atoms with van der Waals surface area (Å²) in [5.74, 6) is 0. The largest absolute Gasteiger partial charge is 0.353 e. The minimum atomic E-state index is -3.54. The summed E-state index contributed by atoms with van der Waals surface area (Å²) >= 11 is 0. The van der Waals surface area contributed by atoms with Crippen LogP contribution in [0.1, 0.15) is 24.2 Å². The zero-order valence-corrected chi connectivity index (χ0v) is 13.5. The molecule has 1 aliphatic rings. The Kier molecular flexibility index (Phi) is 4.04. The fraction of sp³-hybridized carbons (Fsp3) is 0.294. The molecule has 0 amide bonds. The summed E-state index contributed by atoms with van der Waals surface area (Å²) in [5.41, 5.74) is 1.92. The van der Waals surface area contributed by atoms with E-state index in [4.69, 9.17) is 4.74 Å². The van der Waals surface area contributed by atoms with Crippen LogP contribution in [0.5, 0.6) is 0 Å². The molecule has 5 heteroatoms. The van der Waals surface area contributed by atoms with Crippen molar-refractivity contribution in [2.45, 2.75) is 31.1 Å². The number of hydrogen-bond acceptors (Lipinski definition) is 3. The number of rotatable bonds is 3. The molecule has 116 valence electrons. The SMILES string of the molecule is Cc1cccc(S(=O)(=O)N2CC(c3ccccc3)OC2C)c1. The van der Waals surface area contributed by atoms with Gasteiger partial charge in [-0.2, -0.15) is 4.31 Å². The predicted molar refractivity (Wildman–Crippen MR) is 84.8 cm³/mol. The summed E-state index contributed by atoms with van der Waals surface area (Å²) in [4.78, 5) is 0.316. The van der Waals surface area contributed by atoms with Crippen molar-refractivity contribution in [2.75, 3.05) is 6.54 Å². The van der Waals surface area contributed by atoms with Crippen LogP contribution in [0.25, 0.3) is 0 Å². The Morgan fingerprint density at radius 1 is 1.09 bits per heavy atom. The van der Waals surface area contributed by atoms with Crippen LogP contribution in [0.3, 0.4) is 0 Å². The molecule has 0 aromatic heterocycles. The summed E-state index contributed by atoms with van der Waals surface area (Å²) in [6, 6.07) is 16.7. The Morgan fingerprint density at radius 2 is 1.82 bits per heavy atom. The topological polar surface area (TPSA) is 46.6 Å². The van der Waals surface area contributed by atoms with Crippen LogP contribution < -0.4 is 0 Å². The van der Waals surface area contributed by atoms with Crippen molar-refractivity contribution in [3.05, 3.63) is 65.7 Å². The maximum atomic E-state index is 12.8. The highest BCUT2D eigenvalue weighted by Crippen LogP contribution is 2.32. The van der Waals surface area contributed by atoms with E-state index in [0.717, 1.165) is 11.1 Å². The number of ether oxygens (including phenoxy) is 1. The molecule has 2 atom stereocenters. The quantitative estimate of drug-likeness (QED) is 0.874. The Morgan fingerprint density at radius 3 is 2.50 bits per heavy atom. The van der Waals surface area contributed by atoms with E-state index < -0.39 is 16.3 Å². The molecule has 22 heavy (non-hydrogen) atoms. The van der Waals surface area contributed by atoms with Gasteiger partial charge in [0, 0.05) is 6.54 Å². The van der Waals surface area contributed by atoms with Crippen molar-refractivity contribution in [3.8, 4) is 0 Å². The van der Waals surface area contributed by atoms with Crippen molar-refractivity contribution in [1.82, 2.24) is 4.31 Å². The van der Waals surface area contributed by atoms with Crippen LogP contribution >= 0.6 is 0 Å². The van der Waals surface area contributed by atoms with E-state index in [1.165, 1.54) is 4.31 Å². The van der Waals surface area contributed by atoms with Crippen LogP contribution in [0.15, 0.2) is 59.5 Å².